The number of amides is 1. The molecule has 1 unspecified atom stereocenters. The third-order valence-corrected chi connectivity index (χ3v) is 3.85. The summed E-state index contributed by atoms with van der Waals surface area (Å²) in [5.74, 6) is -2.88. The van der Waals surface area contributed by atoms with Crippen molar-refractivity contribution in [3.05, 3.63) is 10.6 Å². The zero-order valence-electron chi connectivity index (χ0n) is 11.6. The number of hydrogen-bond donors (Lipinski definition) is 2. The number of thiocarbonyl (C=S) groups is 1. The number of hydroxylamine groups is 2. The molecule has 0 radical (unpaired) electrons. The lowest BCUT2D eigenvalue weighted by atomic mass is 10.1. The summed E-state index contributed by atoms with van der Waals surface area (Å²) in [6.07, 6.45) is 1.35. The first-order valence-electron chi connectivity index (χ1n) is 6.49. The van der Waals surface area contributed by atoms with Crippen LogP contribution in [0.2, 0.25) is 0 Å². The fourth-order valence-electron chi connectivity index (χ4n) is 2.18. The van der Waals surface area contributed by atoms with Gasteiger partial charge in [0.2, 0.25) is 0 Å². The van der Waals surface area contributed by atoms with Crippen molar-refractivity contribution in [1.29, 1.82) is 0 Å². The first kappa shape index (κ1) is 17.9. The standard InChI is InChI=1S/C12H12Cl2N2O6S/c13-7(14)1-2-8(23)15-6-5-21-16(10(6)18)12(11(19)20)4-3-9(17)22-12/h1,6H,2-5H2,(H,15,23)(H,19,20)/t6-,12?/m0/s1. The van der Waals surface area contributed by atoms with E-state index in [1.807, 2.05) is 0 Å². The van der Waals surface area contributed by atoms with Crippen LogP contribution in [0.25, 0.3) is 0 Å². The molecule has 0 spiro atoms. The molecule has 126 valence electrons. The fraction of sp³-hybridized carbons (Fsp3) is 0.500. The topological polar surface area (TPSA) is 105 Å². The lowest BCUT2D eigenvalue weighted by molar-refractivity contribution is -0.256. The minimum absolute atomic E-state index is 0.0347. The van der Waals surface area contributed by atoms with Gasteiger partial charge in [0.15, 0.2) is 0 Å². The van der Waals surface area contributed by atoms with Crippen molar-refractivity contribution in [1.82, 2.24) is 10.4 Å². The minimum Gasteiger partial charge on any atom is -0.477 e. The number of halogens is 2. The van der Waals surface area contributed by atoms with E-state index >= 15 is 0 Å². The number of hydrogen-bond acceptors (Lipinski definition) is 6. The number of carbonyl (C=O) groups excluding carboxylic acids is 2. The fourth-order valence-corrected chi connectivity index (χ4v) is 2.56. The molecule has 0 bridgehead atoms. The number of aliphatic carboxylic acids is 1. The smallest absolute Gasteiger partial charge is 0.372 e. The monoisotopic (exact) mass is 382 g/mol. The Balaban J connectivity index is 2.06. The van der Waals surface area contributed by atoms with Gasteiger partial charge in [0.25, 0.3) is 5.91 Å². The zero-order valence-corrected chi connectivity index (χ0v) is 13.9. The molecule has 2 heterocycles. The molecule has 1 amide bonds. The van der Waals surface area contributed by atoms with Crippen molar-refractivity contribution in [2.45, 2.75) is 31.0 Å². The lowest BCUT2D eigenvalue weighted by Gasteiger charge is -2.30. The van der Waals surface area contributed by atoms with Gasteiger partial charge in [-0.1, -0.05) is 35.4 Å². The van der Waals surface area contributed by atoms with Crippen LogP contribution < -0.4 is 5.32 Å². The van der Waals surface area contributed by atoms with Crippen molar-refractivity contribution < 1.29 is 29.1 Å². The molecule has 0 aromatic heterocycles. The highest BCUT2D eigenvalue weighted by Crippen LogP contribution is 2.34. The van der Waals surface area contributed by atoms with E-state index in [9.17, 15) is 19.5 Å². The van der Waals surface area contributed by atoms with Crippen LogP contribution in [-0.4, -0.2) is 51.4 Å². The molecule has 11 heteroatoms. The molecule has 2 saturated heterocycles. The first-order chi connectivity index (χ1) is 10.8. The summed E-state index contributed by atoms with van der Waals surface area (Å²) >= 11 is 16.0. The molecule has 8 nitrogen and oxygen atoms in total. The van der Waals surface area contributed by atoms with Gasteiger partial charge in [-0.15, -0.1) is 0 Å². The Morgan fingerprint density at radius 3 is 2.74 bits per heavy atom. The molecule has 0 aromatic rings. The SMILES string of the molecule is O=C1CCC(C(=O)O)(N2OC[C@H](NC(=S)CC=C(Cl)Cl)C2=O)O1. The number of carboxylic acid groups (broad SMARTS) is 1. The number of carboxylic acids is 1. The first-order valence-corrected chi connectivity index (χ1v) is 7.65. The molecule has 2 aliphatic rings. The van der Waals surface area contributed by atoms with Crippen LogP contribution in [0, 0.1) is 0 Å². The highest BCUT2D eigenvalue weighted by Gasteiger charge is 2.59. The van der Waals surface area contributed by atoms with Crippen LogP contribution in [0.15, 0.2) is 10.6 Å². The van der Waals surface area contributed by atoms with Gasteiger partial charge in [-0.25, -0.2) is 4.79 Å². The van der Waals surface area contributed by atoms with Crippen molar-refractivity contribution in [3.8, 4) is 0 Å². The van der Waals surface area contributed by atoms with E-state index in [0.29, 0.717) is 5.06 Å². The average Bonchev–Trinajstić information content (AvgIpc) is 3.02. The average molecular weight is 383 g/mol. The van der Waals surface area contributed by atoms with E-state index in [-0.39, 0.29) is 35.3 Å². The van der Waals surface area contributed by atoms with E-state index in [1.54, 1.807) is 0 Å². The van der Waals surface area contributed by atoms with Gasteiger partial charge in [0.1, 0.15) is 17.1 Å². The largest absolute Gasteiger partial charge is 0.477 e. The van der Waals surface area contributed by atoms with Gasteiger partial charge in [-0.2, -0.15) is 5.06 Å². The van der Waals surface area contributed by atoms with E-state index in [2.05, 4.69) is 5.32 Å². The van der Waals surface area contributed by atoms with Gasteiger partial charge < -0.3 is 15.2 Å². The van der Waals surface area contributed by atoms with Gasteiger partial charge in [0, 0.05) is 12.8 Å². The lowest BCUT2D eigenvalue weighted by Crippen LogP contribution is -2.56. The molecular weight excluding hydrogens is 371 g/mol. The molecular formula is C12H12Cl2N2O6S. The second-order valence-corrected chi connectivity index (χ2v) is 6.31. The van der Waals surface area contributed by atoms with Gasteiger partial charge in [-0.05, 0) is 6.08 Å². The van der Waals surface area contributed by atoms with Crippen LogP contribution in [0.1, 0.15) is 19.3 Å². The van der Waals surface area contributed by atoms with Crippen LogP contribution in [0.3, 0.4) is 0 Å². The Labute approximate surface area is 146 Å². The van der Waals surface area contributed by atoms with Crippen molar-refractivity contribution in [2.24, 2.45) is 0 Å². The maximum absolute atomic E-state index is 12.3. The van der Waals surface area contributed by atoms with Crippen LogP contribution in [0.4, 0.5) is 0 Å². The summed E-state index contributed by atoms with van der Waals surface area (Å²) in [7, 11) is 0. The Bertz CT molecular complexity index is 594. The third-order valence-electron chi connectivity index (χ3n) is 3.26. The maximum atomic E-state index is 12.3. The third kappa shape index (κ3) is 3.74. The van der Waals surface area contributed by atoms with Crippen molar-refractivity contribution in [2.75, 3.05) is 6.61 Å². The number of cyclic esters (lactones) is 1. The quantitative estimate of drug-likeness (QED) is 0.533. The Hall–Kier alpha value is -1.42. The number of esters is 1. The van der Waals surface area contributed by atoms with Gasteiger partial charge in [0.05, 0.1) is 11.4 Å². The van der Waals surface area contributed by atoms with E-state index in [0.717, 1.165) is 0 Å². The summed E-state index contributed by atoms with van der Waals surface area (Å²) in [6, 6.07) is -0.888. The molecule has 0 aliphatic carbocycles. The molecule has 2 rings (SSSR count). The summed E-state index contributed by atoms with van der Waals surface area (Å²) in [5, 5.41) is 12.7. The van der Waals surface area contributed by atoms with E-state index < -0.39 is 29.6 Å². The maximum Gasteiger partial charge on any atom is 0.372 e. The second kappa shape index (κ2) is 7.00. The summed E-state index contributed by atoms with van der Waals surface area (Å²) in [6.45, 7) is -0.149. The summed E-state index contributed by atoms with van der Waals surface area (Å²) in [5.41, 5.74) is -2.13. The zero-order chi connectivity index (χ0) is 17.2. The number of nitrogens with one attached hydrogen (secondary N) is 1. The highest BCUT2D eigenvalue weighted by molar-refractivity contribution is 7.80. The summed E-state index contributed by atoms with van der Waals surface area (Å²) in [4.78, 5) is 40.5. The molecule has 0 aromatic carbocycles. The molecule has 23 heavy (non-hydrogen) atoms. The Morgan fingerprint density at radius 2 is 2.22 bits per heavy atom. The van der Waals surface area contributed by atoms with Crippen LogP contribution in [-0.2, 0) is 24.0 Å². The van der Waals surface area contributed by atoms with Gasteiger partial charge in [-0.3, -0.25) is 14.4 Å². The van der Waals surface area contributed by atoms with Crippen molar-refractivity contribution in [3.63, 3.8) is 0 Å². The molecule has 0 saturated carbocycles. The number of nitrogens with zero attached hydrogens (tertiary/aromatic N) is 1. The Morgan fingerprint density at radius 1 is 1.52 bits per heavy atom. The van der Waals surface area contributed by atoms with E-state index in [1.165, 1.54) is 6.08 Å². The molecule has 2 aliphatic heterocycles. The van der Waals surface area contributed by atoms with Gasteiger partial charge >= 0.3 is 17.7 Å². The molecule has 2 N–H and O–H groups in total. The number of rotatable bonds is 5. The minimum atomic E-state index is -2.13. The summed E-state index contributed by atoms with van der Waals surface area (Å²) < 4.78 is 4.87. The Kier molecular flexibility index (Phi) is 5.45. The molecule has 2 fully saturated rings. The van der Waals surface area contributed by atoms with Crippen LogP contribution in [0.5, 0.6) is 0 Å². The second-order valence-electron chi connectivity index (χ2n) is 4.81. The molecule has 2 atom stereocenters. The van der Waals surface area contributed by atoms with Crippen molar-refractivity contribution >= 4 is 58.3 Å². The highest BCUT2D eigenvalue weighted by atomic mass is 35.5. The van der Waals surface area contributed by atoms with E-state index in [4.69, 9.17) is 45.0 Å². The number of carbonyl (C=O) groups is 3. The normalized spacial score (nSPS) is 26.9. The van der Waals surface area contributed by atoms with Crippen LogP contribution >= 0.6 is 35.4 Å². The predicted molar refractivity (Wildman–Crippen MR) is 82.4 cm³/mol. The number of ether oxygens (including phenoxy) is 1. The predicted octanol–water partition coefficient (Wildman–Crippen LogP) is 0.873.